The first kappa shape index (κ1) is 11.1. The molecule has 2 nitrogen and oxygen atoms in total. The van der Waals surface area contributed by atoms with E-state index in [-0.39, 0.29) is 0 Å². The monoisotopic (exact) mass is 211 g/mol. The van der Waals surface area contributed by atoms with E-state index < -0.39 is 0 Å². The van der Waals surface area contributed by atoms with Gasteiger partial charge >= 0.3 is 0 Å². The molecule has 0 amide bonds. The van der Waals surface area contributed by atoms with Crippen LogP contribution in [-0.2, 0) is 12.8 Å². The highest BCUT2D eigenvalue weighted by atomic mass is 35.5. The standard InChI is InChI=1S/C11H14ClNO/c1-3-8-9(4-2)11(13)7(6-14)5-10(8)12/h5-6H,3-4,13H2,1-2H3. The average molecular weight is 212 g/mol. The van der Waals surface area contributed by atoms with Gasteiger partial charge in [0.05, 0.1) is 0 Å². The Morgan fingerprint density at radius 3 is 2.36 bits per heavy atom. The molecule has 0 saturated carbocycles. The molecule has 0 aliphatic carbocycles. The summed E-state index contributed by atoms with van der Waals surface area (Å²) in [6.45, 7) is 4.04. The maximum Gasteiger partial charge on any atom is 0.152 e. The molecule has 0 aliphatic rings. The molecular weight excluding hydrogens is 198 g/mol. The number of aldehydes is 1. The number of carbonyl (C=O) groups excluding carboxylic acids is 1. The van der Waals surface area contributed by atoms with Crippen LogP contribution in [0.4, 0.5) is 5.69 Å². The first-order valence-electron chi connectivity index (χ1n) is 4.70. The summed E-state index contributed by atoms with van der Waals surface area (Å²) in [7, 11) is 0. The summed E-state index contributed by atoms with van der Waals surface area (Å²) in [5, 5.41) is 0.639. The minimum atomic E-state index is 0.490. The predicted octanol–water partition coefficient (Wildman–Crippen LogP) is 2.86. The van der Waals surface area contributed by atoms with Gasteiger partial charge in [-0.05, 0) is 30.0 Å². The van der Waals surface area contributed by atoms with Crippen LogP contribution in [0.15, 0.2) is 6.07 Å². The van der Waals surface area contributed by atoms with Crippen LogP contribution in [0.25, 0.3) is 0 Å². The average Bonchev–Trinajstić information content (AvgIpc) is 2.20. The summed E-state index contributed by atoms with van der Waals surface area (Å²) in [4.78, 5) is 10.7. The molecule has 0 aliphatic heterocycles. The molecule has 1 aromatic rings. The fourth-order valence-electron chi connectivity index (χ4n) is 1.67. The molecule has 0 heterocycles. The highest BCUT2D eigenvalue weighted by molar-refractivity contribution is 6.32. The Labute approximate surface area is 89.1 Å². The van der Waals surface area contributed by atoms with Gasteiger partial charge in [0.25, 0.3) is 0 Å². The van der Waals surface area contributed by atoms with E-state index in [9.17, 15) is 4.79 Å². The summed E-state index contributed by atoms with van der Waals surface area (Å²) in [5.74, 6) is 0. The second-order valence-corrected chi connectivity index (χ2v) is 3.55. The number of nitrogens with two attached hydrogens (primary N) is 1. The van der Waals surface area contributed by atoms with Gasteiger partial charge in [0.2, 0.25) is 0 Å². The molecule has 0 radical (unpaired) electrons. The lowest BCUT2D eigenvalue weighted by Crippen LogP contribution is -2.03. The third-order valence-electron chi connectivity index (χ3n) is 2.40. The van der Waals surface area contributed by atoms with Gasteiger partial charge in [0, 0.05) is 16.3 Å². The Kier molecular flexibility index (Phi) is 3.53. The number of hydrogen-bond donors (Lipinski definition) is 1. The highest BCUT2D eigenvalue weighted by Crippen LogP contribution is 2.29. The van der Waals surface area contributed by atoms with Crippen LogP contribution >= 0.6 is 11.6 Å². The Hall–Kier alpha value is -1.02. The van der Waals surface area contributed by atoms with E-state index in [1.54, 1.807) is 6.07 Å². The van der Waals surface area contributed by atoms with Gasteiger partial charge in [0.1, 0.15) is 0 Å². The van der Waals surface area contributed by atoms with Crippen LogP contribution in [0.2, 0.25) is 5.02 Å². The van der Waals surface area contributed by atoms with Crippen LogP contribution < -0.4 is 5.73 Å². The Bertz CT molecular complexity index is 361. The zero-order chi connectivity index (χ0) is 10.7. The minimum Gasteiger partial charge on any atom is -0.398 e. The molecule has 0 bridgehead atoms. The van der Waals surface area contributed by atoms with E-state index in [2.05, 4.69) is 0 Å². The molecule has 1 rings (SSSR count). The summed E-state index contributed by atoms with van der Waals surface area (Å²) < 4.78 is 0. The zero-order valence-electron chi connectivity index (χ0n) is 8.43. The zero-order valence-corrected chi connectivity index (χ0v) is 9.19. The Morgan fingerprint density at radius 2 is 1.93 bits per heavy atom. The molecule has 0 spiro atoms. The molecule has 76 valence electrons. The molecular formula is C11H14ClNO. The van der Waals surface area contributed by atoms with Gasteiger partial charge in [-0.25, -0.2) is 0 Å². The van der Waals surface area contributed by atoms with Gasteiger partial charge < -0.3 is 5.73 Å². The lowest BCUT2D eigenvalue weighted by atomic mass is 9.98. The molecule has 0 atom stereocenters. The molecule has 0 saturated heterocycles. The van der Waals surface area contributed by atoms with Crippen molar-refractivity contribution in [2.45, 2.75) is 26.7 Å². The molecule has 1 aromatic carbocycles. The van der Waals surface area contributed by atoms with E-state index >= 15 is 0 Å². The molecule has 2 N–H and O–H groups in total. The summed E-state index contributed by atoms with van der Waals surface area (Å²) in [6.07, 6.45) is 2.39. The van der Waals surface area contributed by atoms with Crippen molar-refractivity contribution >= 4 is 23.6 Å². The number of hydrogen-bond acceptors (Lipinski definition) is 2. The van der Waals surface area contributed by atoms with Gasteiger partial charge in [-0.1, -0.05) is 25.4 Å². The quantitative estimate of drug-likeness (QED) is 0.617. The van der Waals surface area contributed by atoms with Crippen molar-refractivity contribution < 1.29 is 4.79 Å². The molecule has 0 unspecified atom stereocenters. The number of rotatable bonds is 3. The third-order valence-corrected chi connectivity index (χ3v) is 2.74. The largest absolute Gasteiger partial charge is 0.398 e. The van der Waals surface area contributed by atoms with Crippen LogP contribution in [0.5, 0.6) is 0 Å². The molecule has 0 fully saturated rings. The van der Waals surface area contributed by atoms with Crippen molar-refractivity contribution in [3.63, 3.8) is 0 Å². The summed E-state index contributed by atoms with van der Waals surface area (Å²) in [6, 6.07) is 1.64. The number of halogens is 1. The smallest absolute Gasteiger partial charge is 0.152 e. The van der Waals surface area contributed by atoms with E-state index in [0.29, 0.717) is 16.3 Å². The van der Waals surface area contributed by atoms with Crippen LogP contribution in [0.1, 0.15) is 35.3 Å². The van der Waals surface area contributed by atoms with Crippen molar-refractivity contribution in [3.05, 3.63) is 27.8 Å². The first-order chi connectivity index (χ1) is 6.65. The van der Waals surface area contributed by atoms with Crippen LogP contribution in [0, 0.1) is 0 Å². The SMILES string of the molecule is CCc1c(Cl)cc(C=O)c(N)c1CC. The van der Waals surface area contributed by atoms with Crippen molar-refractivity contribution in [1.82, 2.24) is 0 Å². The highest BCUT2D eigenvalue weighted by Gasteiger charge is 2.11. The third kappa shape index (κ3) is 1.75. The maximum atomic E-state index is 10.7. The van der Waals surface area contributed by atoms with Crippen molar-refractivity contribution in [2.24, 2.45) is 0 Å². The van der Waals surface area contributed by atoms with Crippen molar-refractivity contribution in [2.75, 3.05) is 5.73 Å². The predicted molar refractivity (Wildman–Crippen MR) is 60.0 cm³/mol. The first-order valence-corrected chi connectivity index (χ1v) is 5.08. The van der Waals surface area contributed by atoms with Gasteiger partial charge in [-0.3, -0.25) is 4.79 Å². The van der Waals surface area contributed by atoms with E-state index in [1.807, 2.05) is 13.8 Å². The van der Waals surface area contributed by atoms with Gasteiger partial charge in [-0.15, -0.1) is 0 Å². The lowest BCUT2D eigenvalue weighted by Gasteiger charge is -2.13. The summed E-state index contributed by atoms with van der Waals surface area (Å²) in [5.41, 5.74) is 8.98. The second-order valence-electron chi connectivity index (χ2n) is 3.14. The van der Waals surface area contributed by atoms with Crippen LogP contribution in [-0.4, -0.2) is 6.29 Å². The fourth-order valence-corrected chi connectivity index (χ4v) is 2.03. The van der Waals surface area contributed by atoms with Gasteiger partial charge in [0.15, 0.2) is 6.29 Å². The molecule has 3 heteroatoms. The van der Waals surface area contributed by atoms with E-state index in [4.69, 9.17) is 17.3 Å². The number of carbonyl (C=O) groups is 1. The number of anilines is 1. The normalized spacial score (nSPS) is 10.2. The van der Waals surface area contributed by atoms with E-state index in [0.717, 1.165) is 30.3 Å². The molecule has 0 aromatic heterocycles. The molecule has 14 heavy (non-hydrogen) atoms. The fraction of sp³-hybridized carbons (Fsp3) is 0.364. The Balaban J connectivity index is 3.47. The van der Waals surface area contributed by atoms with E-state index in [1.165, 1.54) is 0 Å². The van der Waals surface area contributed by atoms with Crippen LogP contribution in [0.3, 0.4) is 0 Å². The maximum absolute atomic E-state index is 10.7. The summed E-state index contributed by atoms with van der Waals surface area (Å²) >= 11 is 6.05. The topological polar surface area (TPSA) is 43.1 Å². The van der Waals surface area contributed by atoms with Crippen molar-refractivity contribution in [3.8, 4) is 0 Å². The minimum absolute atomic E-state index is 0.490. The lowest BCUT2D eigenvalue weighted by molar-refractivity contribution is 0.112. The van der Waals surface area contributed by atoms with Crippen molar-refractivity contribution in [1.29, 1.82) is 0 Å². The number of benzene rings is 1. The van der Waals surface area contributed by atoms with Gasteiger partial charge in [-0.2, -0.15) is 0 Å². The second kappa shape index (κ2) is 4.47. The Morgan fingerprint density at radius 1 is 1.36 bits per heavy atom. The number of nitrogen functional groups attached to an aromatic ring is 1.